The monoisotopic (exact) mass is 540 g/mol. The number of amides is 4. The molecule has 0 saturated carbocycles. The number of likely N-dealkylation sites (tertiary alicyclic amines) is 1. The van der Waals surface area contributed by atoms with Crippen LogP contribution >= 0.6 is 0 Å². The highest BCUT2D eigenvalue weighted by Crippen LogP contribution is 2.47. The number of hydrogen-bond acceptors (Lipinski definition) is 6. The van der Waals surface area contributed by atoms with Crippen molar-refractivity contribution in [2.24, 2.45) is 0 Å². The number of urea groups is 1. The van der Waals surface area contributed by atoms with Gasteiger partial charge in [0.05, 0.1) is 11.9 Å². The third kappa shape index (κ3) is 4.48. The Kier molecular flexibility index (Phi) is 6.37. The maximum atomic E-state index is 13.8. The van der Waals surface area contributed by atoms with Crippen LogP contribution in [-0.2, 0) is 25.0 Å². The van der Waals surface area contributed by atoms with Gasteiger partial charge in [-0.25, -0.2) is 18.1 Å². The second-order valence-corrected chi connectivity index (χ2v) is 12.7. The first-order valence-corrected chi connectivity index (χ1v) is 14.5. The van der Waals surface area contributed by atoms with Gasteiger partial charge in [-0.3, -0.25) is 13.9 Å². The zero-order valence-corrected chi connectivity index (χ0v) is 22.5. The molecule has 0 radical (unpaired) electrons. The van der Waals surface area contributed by atoms with Crippen molar-refractivity contribution in [2.75, 3.05) is 36.8 Å². The predicted molar refractivity (Wildman–Crippen MR) is 141 cm³/mol. The molecular weight excluding hydrogens is 508 g/mol. The highest BCUT2D eigenvalue weighted by atomic mass is 32.2. The zero-order valence-electron chi connectivity index (χ0n) is 21.7. The van der Waals surface area contributed by atoms with Crippen molar-refractivity contribution in [3.8, 4) is 5.75 Å². The van der Waals surface area contributed by atoms with Crippen molar-refractivity contribution in [3.05, 3.63) is 60.2 Å². The van der Waals surface area contributed by atoms with E-state index in [-0.39, 0.29) is 12.5 Å². The van der Waals surface area contributed by atoms with Gasteiger partial charge in [-0.05, 0) is 50.5 Å². The fourth-order valence-corrected chi connectivity index (χ4v) is 6.68. The Morgan fingerprint density at radius 3 is 2.26 bits per heavy atom. The largest absolute Gasteiger partial charge is 0.491 e. The van der Waals surface area contributed by atoms with Crippen LogP contribution in [0.3, 0.4) is 0 Å². The lowest BCUT2D eigenvalue weighted by Crippen LogP contribution is -2.57. The van der Waals surface area contributed by atoms with E-state index >= 15 is 0 Å². The highest BCUT2D eigenvalue weighted by Gasteiger charge is 2.52. The number of sulfonamides is 1. The first kappa shape index (κ1) is 26.0. The summed E-state index contributed by atoms with van der Waals surface area (Å²) in [5.41, 5.74) is 0.120. The molecule has 2 saturated heterocycles. The van der Waals surface area contributed by atoms with Crippen molar-refractivity contribution in [1.29, 1.82) is 0 Å². The van der Waals surface area contributed by atoms with Crippen molar-refractivity contribution in [3.63, 3.8) is 0 Å². The quantitative estimate of drug-likeness (QED) is 0.561. The number of fused-ring (bicyclic) bond motifs is 2. The van der Waals surface area contributed by atoms with Crippen LogP contribution < -0.4 is 14.4 Å². The SMILES string of the molecule is CC1(C)NC(=O)N([C@H](COc2ccccc2)C(=O)N2CCC3(CC2)CN(S(C)(=O)=O)c2ccccc23)C1=O. The minimum absolute atomic E-state index is 0.176. The predicted octanol–water partition coefficient (Wildman–Crippen LogP) is 2.10. The van der Waals surface area contributed by atoms with Gasteiger partial charge < -0.3 is 15.0 Å². The van der Waals surface area contributed by atoms with Gasteiger partial charge in [0, 0.05) is 25.0 Å². The number of nitrogens with zero attached hydrogens (tertiary/aromatic N) is 3. The third-order valence-corrected chi connectivity index (χ3v) is 8.89. The van der Waals surface area contributed by atoms with Crippen LogP contribution in [0.5, 0.6) is 5.75 Å². The minimum Gasteiger partial charge on any atom is -0.491 e. The lowest BCUT2D eigenvalue weighted by Gasteiger charge is -2.41. The van der Waals surface area contributed by atoms with E-state index in [4.69, 9.17) is 4.74 Å². The normalized spacial score (nSPS) is 20.9. The number of carbonyl (C=O) groups is 3. The number of carbonyl (C=O) groups excluding carboxylic acids is 3. The Bertz CT molecular complexity index is 1370. The molecule has 1 spiro atoms. The molecule has 3 aliphatic rings. The summed E-state index contributed by atoms with van der Waals surface area (Å²) in [5, 5.41) is 2.65. The Balaban J connectivity index is 1.37. The molecule has 0 aromatic heterocycles. The van der Waals surface area contributed by atoms with E-state index in [0.717, 1.165) is 10.5 Å². The van der Waals surface area contributed by atoms with E-state index in [1.807, 2.05) is 30.3 Å². The molecule has 0 bridgehead atoms. The highest BCUT2D eigenvalue weighted by molar-refractivity contribution is 7.92. The van der Waals surface area contributed by atoms with Crippen LogP contribution in [0.4, 0.5) is 10.5 Å². The summed E-state index contributed by atoms with van der Waals surface area (Å²) in [7, 11) is -3.46. The van der Waals surface area contributed by atoms with E-state index in [9.17, 15) is 22.8 Å². The Morgan fingerprint density at radius 1 is 1.03 bits per heavy atom. The number of benzene rings is 2. The maximum absolute atomic E-state index is 13.8. The molecule has 3 aliphatic heterocycles. The molecule has 11 heteroatoms. The third-order valence-electron chi connectivity index (χ3n) is 7.76. The van der Waals surface area contributed by atoms with Crippen molar-refractivity contribution in [1.82, 2.24) is 15.1 Å². The van der Waals surface area contributed by atoms with Crippen molar-refractivity contribution >= 4 is 33.6 Å². The maximum Gasteiger partial charge on any atom is 0.325 e. The number of piperidine rings is 1. The van der Waals surface area contributed by atoms with Gasteiger partial charge in [0.2, 0.25) is 15.9 Å². The van der Waals surface area contributed by atoms with Crippen molar-refractivity contribution in [2.45, 2.75) is 43.7 Å². The fraction of sp³-hybridized carbons (Fsp3) is 0.444. The van der Waals surface area contributed by atoms with Gasteiger partial charge in [-0.2, -0.15) is 0 Å². The summed E-state index contributed by atoms with van der Waals surface area (Å²) in [5.74, 6) is -0.333. The molecule has 2 fully saturated rings. The summed E-state index contributed by atoms with van der Waals surface area (Å²) >= 11 is 0. The lowest BCUT2D eigenvalue weighted by molar-refractivity contribution is -0.145. The van der Waals surface area contributed by atoms with E-state index in [2.05, 4.69) is 5.32 Å². The summed E-state index contributed by atoms with van der Waals surface area (Å²) in [6.07, 6.45) is 2.32. The lowest BCUT2D eigenvalue weighted by atomic mass is 9.74. The molecule has 2 aromatic rings. The Morgan fingerprint density at radius 2 is 1.66 bits per heavy atom. The number of rotatable bonds is 6. The van der Waals surface area contributed by atoms with Gasteiger partial charge in [-0.1, -0.05) is 36.4 Å². The molecule has 0 unspecified atom stereocenters. The van der Waals surface area contributed by atoms with Gasteiger partial charge in [0.25, 0.3) is 5.91 Å². The smallest absolute Gasteiger partial charge is 0.325 e. The summed E-state index contributed by atoms with van der Waals surface area (Å²) < 4.78 is 32.3. The summed E-state index contributed by atoms with van der Waals surface area (Å²) in [4.78, 5) is 42.4. The molecule has 1 N–H and O–H groups in total. The number of ether oxygens (including phenoxy) is 1. The van der Waals surface area contributed by atoms with Gasteiger partial charge in [0.1, 0.15) is 17.9 Å². The minimum atomic E-state index is -3.46. The van der Waals surface area contributed by atoms with Crippen LogP contribution in [0.2, 0.25) is 0 Å². The second-order valence-electron chi connectivity index (χ2n) is 10.8. The summed E-state index contributed by atoms with van der Waals surface area (Å²) in [6, 6.07) is 14.7. The topological polar surface area (TPSA) is 116 Å². The molecule has 4 amide bonds. The number of para-hydroxylation sites is 2. The Labute approximate surface area is 222 Å². The van der Waals surface area contributed by atoms with Crippen LogP contribution in [0.25, 0.3) is 0 Å². The van der Waals surface area contributed by atoms with Crippen LogP contribution in [0.15, 0.2) is 54.6 Å². The fourth-order valence-electron chi connectivity index (χ4n) is 5.68. The summed E-state index contributed by atoms with van der Waals surface area (Å²) in [6.45, 7) is 4.07. The van der Waals surface area contributed by atoms with Gasteiger partial charge in [0.15, 0.2) is 6.04 Å². The van der Waals surface area contributed by atoms with E-state index < -0.39 is 39.0 Å². The molecule has 5 rings (SSSR count). The number of hydrogen-bond donors (Lipinski definition) is 1. The molecule has 1 atom stereocenters. The number of nitrogens with one attached hydrogen (secondary N) is 1. The molecule has 202 valence electrons. The molecule has 3 heterocycles. The van der Waals surface area contributed by atoms with Gasteiger partial charge in [-0.15, -0.1) is 0 Å². The molecule has 38 heavy (non-hydrogen) atoms. The average Bonchev–Trinajstić information content (AvgIpc) is 3.31. The average molecular weight is 541 g/mol. The van der Waals surface area contributed by atoms with Crippen molar-refractivity contribution < 1.29 is 27.5 Å². The van der Waals surface area contributed by atoms with E-state index in [0.29, 0.717) is 43.9 Å². The van der Waals surface area contributed by atoms with Crippen LogP contribution in [0.1, 0.15) is 32.3 Å². The molecule has 0 aliphatic carbocycles. The van der Waals surface area contributed by atoms with Crippen LogP contribution in [-0.4, -0.2) is 80.1 Å². The Hall–Kier alpha value is -3.60. The van der Waals surface area contributed by atoms with E-state index in [1.165, 1.54) is 10.6 Å². The second kappa shape index (κ2) is 9.30. The molecular formula is C27H32N4O6S. The molecule has 10 nitrogen and oxygen atoms in total. The number of anilines is 1. The standard InChI is InChI=1S/C27H32N4O6S/c1-26(2)24(33)31(25(34)28-26)22(17-37-19-9-5-4-6-10-19)23(32)29-15-13-27(14-16-29)18-30(38(3,35)36)21-12-8-7-11-20(21)27/h4-12,22H,13-18H2,1-3H3,(H,28,34)/t22-/m1/s1. The number of imide groups is 1. The van der Waals surface area contributed by atoms with Gasteiger partial charge >= 0.3 is 6.03 Å². The first-order valence-electron chi connectivity index (χ1n) is 12.6. The van der Waals surface area contributed by atoms with E-state index in [1.54, 1.807) is 43.0 Å². The van der Waals surface area contributed by atoms with Crippen LogP contribution in [0, 0.1) is 0 Å². The molecule has 2 aromatic carbocycles. The zero-order chi connectivity index (χ0) is 27.3. The first-order chi connectivity index (χ1) is 17.9.